The van der Waals surface area contributed by atoms with Gasteiger partial charge in [0, 0.05) is 9.75 Å². The van der Waals surface area contributed by atoms with Crippen molar-refractivity contribution in [3.8, 4) is 20.9 Å². The fraction of sp³-hybridized carbons (Fsp3) is 0.360. The molecule has 3 aromatic rings. The Morgan fingerprint density at radius 2 is 1.26 bits per heavy atom. The summed E-state index contributed by atoms with van der Waals surface area (Å²) in [5.74, 6) is 0. The zero-order chi connectivity index (χ0) is 19.8. The molecule has 0 saturated carbocycles. The second-order valence-corrected chi connectivity index (χ2v) is 9.13. The van der Waals surface area contributed by atoms with Gasteiger partial charge in [0.25, 0.3) is 0 Å². The standard InChI is InChI=1S/C25H31BS/c1-7-25(26,8-2)24-18(5)16(3)23(17(4)19(24)6)22-15-14-21(27-22)20-12-10-9-11-13-20/h9-15H,7-8,26H2,1-6H3. The van der Waals surface area contributed by atoms with E-state index in [-0.39, 0.29) is 5.31 Å². The highest BCUT2D eigenvalue weighted by Gasteiger charge is 2.29. The molecular weight excluding hydrogens is 343 g/mol. The van der Waals surface area contributed by atoms with Crippen LogP contribution in [0.2, 0.25) is 0 Å². The van der Waals surface area contributed by atoms with E-state index < -0.39 is 0 Å². The average molecular weight is 374 g/mol. The summed E-state index contributed by atoms with van der Waals surface area (Å²) in [7, 11) is 2.43. The van der Waals surface area contributed by atoms with Crippen LogP contribution < -0.4 is 0 Å². The molecule has 0 saturated heterocycles. The molecule has 0 nitrogen and oxygen atoms in total. The maximum absolute atomic E-state index is 2.43. The Balaban J connectivity index is 2.18. The van der Waals surface area contributed by atoms with Gasteiger partial charge in [-0.3, -0.25) is 0 Å². The van der Waals surface area contributed by atoms with Gasteiger partial charge in [-0.15, -0.1) is 11.3 Å². The number of rotatable bonds is 5. The molecule has 0 unspecified atom stereocenters. The summed E-state index contributed by atoms with van der Waals surface area (Å²) < 4.78 is 0. The van der Waals surface area contributed by atoms with E-state index in [0.717, 1.165) is 0 Å². The van der Waals surface area contributed by atoms with Crippen LogP contribution in [0.1, 0.15) is 54.5 Å². The van der Waals surface area contributed by atoms with Crippen molar-refractivity contribution in [3.63, 3.8) is 0 Å². The van der Waals surface area contributed by atoms with Gasteiger partial charge < -0.3 is 0 Å². The van der Waals surface area contributed by atoms with Crippen molar-refractivity contribution in [1.82, 2.24) is 0 Å². The zero-order valence-corrected chi connectivity index (χ0v) is 18.7. The lowest BCUT2D eigenvalue weighted by atomic mass is 9.58. The lowest BCUT2D eigenvalue weighted by Crippen LogP contribution is -2.28. The van der Waals surface area contributed by atoms with Crippen LogP contribution in [-0.2, 0) is 5.31 Å². The first-order valence-electron chi connectivity index (χ1n) is 10.1. The van der Waals surface area contributed by atoms with Crippen molar-refractivity contribution < 1.29 is 0 Å². The van der Waals surface area contributed by atoms with E-state index in [1.54, 1.807) is 5.56 Å². The molecule has 0 fully saturated rings. The van der Waals surface area contributed by atoms with Crippen molar-refractivity contribution in [2.45, 2.75) is 59.7 Å². The minimum absolute atomic E-state index is 0.257. The Morgan fingerprint density at radius 1 is 0.741 bits per heavy atom. The van der Waals surface area contributed by atoms with E-state index in [4.69, 9.17) is 0 Å². The van der Waals surface area contributed by atoms with Crippen LogP contribution in [0.15, 0.2) is 42.5 Å². The quantitative estimate of drug-likeness (QED) is 0.423. The highest BCUT2D eigenvalue weighted by molar-refractivity contribution is 7.18. The minimum Gasteiger partial charge on any atom is -0.135 e. The highest BCUT2D eigenvalue weighted by Crippen LogP contribution is 2.43. The number of hydrogen-bond acceptors (Lipinski definition) is 1. The predicted octanol–water partition coefficient (Wildman–Crippen LogP) is 6.96. The molecule has 140 valence electrons. The molecule has 0 bridgehead atoms. The molecule has 2 aromatic carbocycles. The molecule has 0 aliphatic carbocycles. The summed E-state index contributed by atoms with van der Waals surface area (Å²) in [5, 5.41) is 0.257. The van der Waals surface area contributed by atoms with E-state index in [9.17, 15) is 0 Å². The number of hydrogen-bond donors (Lipinski definition) is 0. The highest BCUT2D eigenvalue weighted by atomic mass is 32.1. The van der Waals surface area contributed by atoms with Gasteiger partial charge in [0.1, 0.15) is 7.85 Å². The molecule has 0 aliphatic heterocycles. The second-order valence-electron chi connectivity index (χ2n) is 8.05. The van der Waals surface area contributed by atoms with Crippen LogP contribution in [0.5, 0.6) is 0 Å². The molecule has 3 rings (SSSR count). The van der Waals surface area contributed by atoms with E-state index in [1.165, 1.54) is 56.0 Å². The summed E-state index contributed by atoms with van der Waals surface area (Å²) in [6.45, 7) is 13.9. The topological polar surface area (TPSA) is 0 Å². The summed E-state index contributed by atoms with van der Waals surface area (Å²) in [4.78, 5) is 2.73. The predicted molar refractivity (Wildman–Crippen MR) is 125 cm³/mol. The largest absolute Gasteiger partial charge is 0.135 e. The van der Waals surface area contributed by atoms with E-state index >= 15 is 0 Å². The molecule has 2 heteroatoms. The molecule has 0 radical (unpaired) electrons. The van der Waals surface area contributed by atoms with E-state index in [1.807, 2.05) is 11.3 Å². The lowest BCUT2D eigenvalue weighted by Gasteiger charge is -2.34. The monoisotopic (exact) mass is 374 g/mol. The molecule has 27 heavy (non-hydrogen) atoms. The molecule has 1 aromatic heterocycles. The lowest BCUT2D eigenvalue weighted by molar-refractivity contribution is 0.557. The van der Waals surface area contributed by atoms with Gasteiger partial charge in [0.2, 0.25) is 0 Å². The van der Waals surface area contributed by atoms with E-state index in [0.29, 0.717) is 0 Å². The fourth-order valence-corrected chi connectivity index (χ4v) is 5.59. The van der Waals surface area contributed by atoms with Gasteiger partial charge in [-0.1, -0.05) is 57.0 Å². The number of thiophene rings is 1. The third-order valence-electron chi connectivity index (χ3n) is 6.70. The molecule has 1 heterocycles. The molecule has 0 N–H and O–H groups in total. The molecule has 0 amide bonds. The molecule has 0 spiro atoms. The molecular formula is C25H31BS. The second kappa shape index (κ2) is 7.68. The van der Waals surface area contributed by atoms with Crippen LogP contribution in [0.25, 0.3) is 20.9 Å². The summed E-state index contributed by atoms with van der Waals surface area (Å²) >= 11 is 1.91. The smallest absolute Gasteiger partial charge is 0.115 e. The summed E-state index contributed by atoms with van der Waals surface area (Å²) in [5.41, 5.74) is 10.2. The van der Waals surface area contributed by atoms with Gasteiger partial charge in [-0.2, -0.15) is 0 Å². The first-order valence-corrected chi connectivity index (χ1v) is 10.9. The Labute approximate surface area is 170 Å². The van der Waals surface area contributed by atoms with Gasteiger partial charge in [-0.25, -0.2) is 0 Å². The Hall–Kier alpha value is -1.80. The Kier molecular flexibility index (Phi) is 5.67. The first kappa shape index (κ1) is 20.0. The Bertz CT molecular complexity index is 917. The van der Waals surface area contributed by atoms with Crippen LogP contribution in [0.3, 0.4) is 0 Å². The van der Waals surface area contributed by atoms with Gasteiger partial charge >= 0.3 is 0 Å². The SMILES string of the molecule is BC(CC)(CC)c1c(C)c(C)c(-c2ccc(-c3ccccc3)s2)c(C)c1C. The third kappa shape index (κ3) is 3.40. The minimum atomic E-state index is 0.257. The zero-order valence-electron chi connectivity index (χ0n) is 17.9. The molecule has 0 atom stereocenters. The van der Waals surface area contributed by atoms with Gasteiger partial charge in [0.15, 0.2) is 0 Å². The maximum atomic E-state index is 2.43. The average Bonchev–Trinajstić information content (AvgIpc) is 3.17. The van der Waals surface area contributed by atoms with Gasteiger partial charge in [0.05, 0.1) is 0 Å². The van der Waals surface area contributed by atoms with Crippen LogP contribution in [0, 0.1) is 27.7 Å². The summed E-state index contributed by atoms with van der Waals surface area (Å²) in [6, 6.07) is 15.3. The van der Waals surface area contributed by atoms with Crippen molar-refractivity contribution in [1.29, 1.82) is 0 Å². The third-order valence-corrected chi connectivity index (χ3v) is 7.85. The van der Waals surface area contributed by atoms with Crippen molar-refractivity contribution >= 4 is 19.2 Å². The van der Waals surface area contributed by atoms with Crippen LogP contribution >= 0.6 is 11.3 Å². The Morgan fingerprint density at radius 3 is 1.78 bits per heavy atom. The maximum Gasteiger partial charge on any atom is 0.115 e. The molecule has 0 aliphatic rings. The first-order chi connectivity index (χ1) is 12.8. The van der Waals surface area contributed by atoms with Crippen LogP contribution in [0.4, 0.5) is 0 Å². The van der Waals surface area contributed by atoms with Crippen molar-refractivity contribution in [2.75, 3.05) is 0 Å². The fourth-order valence-electron chi connectivity index (χ4n) is 4.42. The van der Waals surface area contributed by atoms with Gasteiger partial charge in [-0.05, 0) is 84.1 Å². The van der Waals surface area contributed by atoms with Crippen molar-refractivity contribution in [2.24, 2.45) is 0 Å². The normalized spacial score (nSPS) is 11.8. The summed E-state index contributed by atoms with van der Waals surface area (Å²) in [6.07, 6.45) is 2.36. The van der Waals surface area contributed by atoms with E-state index in [2.05, 4.69) is 91.9 Å². The van der Waals surface area contributed by atoms with Crippen molar-refractivity contribution in [3.05, 3.63) is 70.3 Å². The number of benzene rings is 2. The van der Waals surface area contributed by atoms with Crippen LogP contribution in [-0.4, -0.2) is 7.85 Å².